The van der Waals surface area contributed by atoms with E-state index < -0.39 is 0 Å². The summed E-state index contributed by atoms with van der Waals surface area (Å²) in [6, 6.07) is 7.59. The molecule has 0 bridgehead atoms. The van der Waals surface area contributed by atoms with Crippen LogP contribution in [0.25, 0.3) is 0 Å². The summed E-state index contributed by atoms with van der Waals surface area (Å²) in [5, 5.41) is 2.96. The molecule has 0 radical (unpaired) electrons. The fourth-order valence-electron chi connectivity index (χ4n) is 4.10. The number of likely N-dealkylation sites (tertiary alicyclic amines) is 1. The van der Waals surface area contributed by atoms with E-state index in [1.54, 1.807) is 29.2 Å². The Hall–Kier alpha value is -2.21. The molecule has 6 heteroatoms. The van der Waals surface area contributed by atoms with E-state index >= 15 is 0 Å². The lowest BCUT2D eigenvalue weighted by molar-refractivity contribution is -0.928. The van der Waals surface area contributed by atoms with Crippen molar-refractivity contribution in [3.8, 4) is 0 Å². The molecule has 1 unspecified atom stereocenters. The molecular weight excluding hydrogens is 342 g/mol. The minimum absolute atomic E-state index is 0.00620. The fraction of sp³-hybridized carbons (Fsp3) is 0.571. The second kappa shape index (κ2) is 9.13. The van der Waals surface area contributed by atoms with Crippen molar-refractivity contribution >= 4 is 17.7 Å². The molecule has 2 aliphatic rings. The third-order valence-corrected chi connectivity index (χ3v) is 5.74. The third kappa shape index (κ3) is 4.75. The number of piperidine rings is 1. The topological polar surface area (TPSA) is 70.9 Å². The molecule has 1 aromatic rings. The van der Waals surface area contributed by atoms with Crippen molar-refractivity contribution in [2.75, 3.05) is 26.2 Å². The number of hydrogen-bond donors (Lipinski definition) is 2. The van der Waals surface area contributed by atoms with Gasteiger partial charge in [-0.2, -0.15) is 0 Å². The zero-order chi connectivity index (χ0) is 19.2. The van der Waals surface area contributed by atoms with Crippen LogP contribution in [0.1, 0.15) is 66.2 Å². The molecule has 0 aromatic heterocycles. The number of quaternary nitrogens is 1. The Morgan fingerprint density at radius 1 is 1.15 bits per heavy atom. The van der Waals surface area contributed by atoms with Gasteiger partial charge in [-0.25, -0.2) is 0 Å². The van der Waals surface area contributed by atoms with E-state index in [1.165, 1.54) is 30.7 Å². The molecule has 0 saturated carbocycles. The SMILES string of the molecule is C[C@H]1CCCC[NH+]1CCCNC(=O)CCCN1C(=O)c2ccccc2C1=O. The maximum absolute atomic E-state index is 12.3. The van der Waals surface area contributed by atoms with E-state index in [-0.39, 0.29) is 24.3 Å². The second-order valence-electron chi connectivity index (χ2n) is 7.67. The van der Waals surface area contributed by atoms with Crippen LogP contribution in [0.5, 0.6) is 0 Å². The molecule has 0 spiro atoms. The summed E-state index contributed by atoms with van der Waals surface area (Å²) < 4.78 is 0. The number of carbonyl (C=O) groups is 3. The number of fused-ring (bicyclic) bond motifs is 1. The van der Waals surface area contributed by atoms with E-state index in [0.717, 1.165) is 19.0 Å². The average molecular weight is 372 g/mol. The molecular formula is C21H30N3O3+. The maximum Gasteiger partial charge on any atom is 0.261 e. The van der Waals surface area contributed by atoms with Crippen molar-refractivity contribution in [2.45, 2.75) is 51.5 Å². The van der Waals surface area contributed by atoms with Gasteiger partial charge in [0.15, 0.2) is 0 Å². The molecule has 0 aliphatic carbocycles. The Labute approximate surface area is 160 Å². The molecule has 2 aliphatic heterocycles. The van der Waals surface area contributed by atoms with Gasteiger partial charge >= 0.3 is 0 Å². The highest BCUT2D eigenvalue weighted by Crippen LogP contribution is 2.22. The largest absolute Gasteiger partial charge is 0.356 e. The summed E-state index contributed by atoms with van der Waals surface area (Å²) in [6.45, 7) is 5.65. The molecule has 146 valence electrons. The number of imide groups is 1. The normalized spacial score (nSPS) is 22.0. The average Bonchev–Trinajstić information content (AvgIpc) is 2.92. The smallest absolute Gasteiger partial charge is 0.261 e. The lowest BCUT2D eigenvalue weighted by Crippen LogP contribution is -3.16. The van der Waals surface area contributed by atoms with Gasteiger partial charge in [-0.15, -0.1) is 0 Å². The first-order valence-corrected chi connectivity index (χ1v) is 10.1. The monoisotopic (exact) mass is 372 g/mol. The summed E-state index contributed by atoms with van der Waals surface area (Å²) in [6.07, 6.45) is 5.77. The standard InChI is InChI=1S/C21H29N3O3/c1-16-8-4-5-13-23(16)14-7-12-22-19(25)11-6-15-24-20(26)17-9-2-3-10-18(17)21(24)27/h2-3,9-10,16H,4-8,11-15H2,1H3,(H,22,25)/p+1/t16-/m0/s1. The summed E-state index contributed by atoms with van der Waals surface area (Å²) in [7, 11) is 0. The van der Waals surface area contributed by atoms with E-state index in [2.05, 4.69) is 12.2 Å². The number of carbonyl (C=O) groups excluding carboxylic acids is 3. The molecule has 3 rings (SSSR count). The van der Waals surface area contributed by atoms with Crippen LogP contribution >= 0.6 is 0 Å². The fourth-order valence-corrected chi connectivity index (χ4v) is 4.10. The Balaban J connectivity index is 1.32. The molecule has 27 heavy (non-hydrogen) atoms. The highest BCUT2D eigenvalue weighted by molar-refractivity contribution is 6.21. The molecule has 2 N–H and O–H groups in total. The van der Waals surface area contributed by atoms with Crippen LogP contribution in [0.3, 0.4) is 0 Å². The van der Waals surface area contributed by atoms with Crippen molar-refractivity contribution in [2.24, 2.45) is 0 Å². The van der Waals surface area contributed by atoms with Gasteiger partial charge in [0.2, 0.25) is 5.91 Å². The van der Waals surface area contributed by atoms with E-state index in [0.29, 0.717) is 30.5 Å². The van der Waals surface area contributed by atoms with Gasteiger partial charge in [-0.3, -0.25) is 19.3 Å². The zero-order valence-electron chi connectivity index (χ0n) is 16.1. The van der Waals surface area contributed by atoms with Gasteiger partial charge in [-0.1, -0.05) is 12.1 Å². The van der Waals surface area contributed by atoms with Gasteiger partial charge in [-0.05, 0) is 44.7 Å². The number of benzene rings is 1. The van der Waals surface area contributed by atoms with Gasteiger partial charge in [0, 0.05) is 25.9 Å². The number of rotatable bonds is 8. The molecule has 1 fully saturated rings. The first-order valence-electron chi connectivity index (χ1n) is 10.1. The van der Waals surface area contributed by atoms with Crippen LogP contribution in [0.4, 0.5) is 0 Å². The summed E-state index contributed by atoms with van der Waals surface area (Å²) in [5.74, 6) is -0.516. The number of hydrogen-bond acceptors (Lipinski definition) is 3. The zero-order valence-corrected chi connectivity index (χ0v) is 16.1. The summed E-state index contributed by atoms with van der Waals surface area (Å²) >= 11 is 0. The lowest BCUT2D eigenvalue weighted by atomic mass is 10.0. The highest BCUT2D eigenvalue weighted by Gasteiger charge is 2.34. The molecule has 1 aromatic carbocycles. The Kier molecular flexibility index (Phi) is 6.61. The van der Waals surface area contributed by atoms with Crippen molar-refractivity contribution in [1.29, 1.82) is 0 Å². The van der Waals surface area contributed by atoms with Gasteiger partial charge in [0.05, 0.1) is 30.3 Å². The first-order chi connectivity index (χ1) is 13.1. The van der Waals surface area contributed by atoms with E-state index in [9.17, 15) is 14.4 Å². The van der Waals surface area contributed by atoms with Crippen LogP contribution in [0.2, 0.25) is 0 Å². The van der Waals surface area contributed by atoms with Crippen molar-refractivity contribution in [1.82, 2.24) is 10.2 Å². The Bertz CT molecular complexity index is 669. The number of nitrogens with zero attached hydrogens (tertiary/aromatic N) is 1. The Morgan fingerprint density at radius 2 is 1.85 bits per heavy atom. The van der Waals surface area contributed by atoms with Gasteiger partial charge < -0.3 is 10.2 Å². The van der Waals surface area contributed by atoms with Crippen molar-refractivity contribution in [3.63, 3.8) is 0 Å². The number of amides is 3. The van der Waals surface area contributed by atoms with E-state index in [1.807, 2.05) is 0 Å². The quantitative estimate of drug-likeness (QED) is 0.529. The van der Waals surface area contributed by atoms with Crippen LogP contribution in [-0.2, 0) is 4.79 Å². The molecule has 3 amide bonds. The highest BCUT2D eigenvalue weighted by atomic mass is 16.2. The van der Waals surface area contributed by atoms with Crippen LogP contribution in [0.15, 0.2) is 24.3 Å². The predicted octanol–water partition coefficient (Wildman–Crippen LogP) is 1.03. The molecule has 6 nitrogen and oxygen atoms in total. The van der Waals surface area contributed by atoms with Gasteiger partial charge in [0.25, 0.3) is 11.8 Å². The van der Waals surface area contributed by atoms with Crippen LogP contribution in [-0.4, -0.2) is 54.8 Å². The van der Waals surface area contributed by atoms with Crippen molar-refractivity contribution < 1.29 is 19.3 Å². The van der Waals surface area contributed by atoms with E-state index in [4.69, 9.17) is 0 Å². The van der Waals surface area contributed by atoms with Crippen LogP contribution < -0.4 is 10.2 Å². The number of nitrogens with one attached hydrogen (secondary N) is 2. The first kappa shape index (κ1) is 19.5. The second-order valence-corrected chi connectivity index (χ2v) is 7.67. The summed E-state index contributed by atoms with van der Waals surface area (Å²) in [5.41, 5.74) is 0.919. The maximum atomic E-state index is 12.3. The van der Waals surface area contributed by atoms with Crippen LogP contribution in [0, 0.1) is 0 Å². The molecule has 1 saturated heterocycles. The minimum Gasteiger partial charge on any atom is -0.356 e. The Morgan fingerprint density at radius 3 is 2.52 bits per heavy atom. The van der Waals surface area contributed by atoms with Gasteiger partial charge in [0.1, 0.15) is 0 Å². The third-order valence-electron chi connectivity index (χ3n) is 5.74. The minimum atomic E-state index is -0.255. The lowest BCUT2D eigenvalue weighted by Gasteiger charge is -2.30. The summed E-state index contributed by atoms with van der Waals surface area (Å²) in [4.78, 5) is 39.5. The molecule has 2 atom stereocenters. The molecule has 2 heterocycles. The predicted molar refractivity (Wildman–Crippen MR) is 103 cm³/mol. The van der Waals surface area contributed by atoms with Crippen molar-refractivity contribution in [3.05, 3.63) is 35.4 Å².